The Morgan fingerprint density at radius 3 is 2.62 bits per heavy atom. The Morgan fingerprint density at radius 1 is 1.14 bits per heavy atom. The molecule has 2 atom stereocenters. The third-order valence-electron chi connectivity index (χ3n) is 9.02. The smallest absolute Gasteiger partial charge is 0.344 e. The number of anilines is 2. The Hall–Kier alpha value is -2.84. The van der Waals surface area contributed by atoms with Crippen molar-refractivity contribution >= 4 is 17.5 Å². The molecule has 4 saturated heterocycles. The van der Waals surface area contributed by atoms with Crippen LogP contribution >= 0.6 is 0 Å². The summed E-state index contributed by atoms with van der Waals surface area (Å²) in [6.07, 6.45) is 6.22. The van der Waals surface area contributed by atoms with Gasteiger partial charge in [0.05, 0.1) is 13.2 Å². The molecule has 1 N–H and O–H groups in total. The summed E-state index contributed by atoms with van der Waals surface area (Å²) in [6.45, 7) is 15.6. The first-order chi connectivity index (χ1) is 17.9. The standard InChI is InChI=1S/C29H40N6O2/c1-21(2)30-27-7-12-35(31-27)28(36)32-13-9-29(10-14-32)8-4-11-34(29)18-23-6-5-22(3)15-26(23)33-16-24-19-37-20-25(24)17-33/h5-7,12,15,24-25H,1,4,8-11,13-14,16-20H2,2-3H3,(H,30,31). The Balaban J connectivity index is 1.13. The van der Waals surface area contributed by atoms with Crippen molar-refractivity contribution in [1.29, 1.82) is 0 Å². The maximum atomic E-state index is 13.1. The van der Waals surface area contributed by atoms with Crippen LogP contribution in [0.4, 0.5) is 16.3 Å². The fraction of sp³-hybridized carbons (Fsp3) is 0.586. The Bertz CT molecular complexity index is 1150. The lowest BCUT2D eigenvalue weighted by Crippen LogP contribution is -2.53. The summed E-state index contributed by atoms with van der Waals surface area (Å²) >= 11 is 0. The van der Waals surface area contributed by atoms with E-state index in [0.717, 1.165) is 71.0 Å². The summed E-state index contributed by atoms with van der Waals surface area (Å²) in [5.41, 5.74) is 5.18. The molecule has 1 aromatic heterocycles. The quantitative estimate of drug-likeness (QED) is 0.654. The van der Waals surface area contributed by atoms with Crippen LogP contribution in [0.3, 0.4) is 0 Å². The molecule has 1 spiro atoms. The largest absolute Gasteiger partial charge is 0.381 e. The van der Waals surface area contributed by atoms with E-state index in [2.05, 4.69) is 51.9 Å². The minimum Gasteiger partial charge on any atom is -0.381 e. The Morgan fingerprint density at radius 2 is 1.89 bits per heavy atom. The van der Waals surface area contributed by atoms with Gasteiger partial charge in [-0.2, -0.15) is 4.68 Å². The van der Waals surface area contributed by atoms with E-state index < -0.39 is 0 Å². The summed E-state index contributed by atoms with van der Waals surface area (Å²) < 4.78 is 7.18. The van der Waals surface area contributed by atoms with Gasteiger partial charge in [-0.3, -0.25) is 4.90 Å². The van der Waals surface area contributed by atoms with Crippen molar-refractivity contribution in [1.82, 2.24) is 19.6 Å². The topological polar surface area (TPSA) is 65.9 Å². The number of amides is 1. The minimum atomic E-state index is -0.0430. The van der Waals surface area contributed by atoms with Crippen LogP contribution in [0.2, 0.25) is 0 Å². The molecule has 4 aliphatic rings. The summed E-state index contributed by atoms with van der Waals surface area (Å²) in [7, 11) is 0. The molecule has 198 valence electrons. The monoisotopic (exact) mass is 504 g/mol. The number of nitrogens with one attached hydrogen (secondary N) is 1. The van der Waals surface area contributed by atoms with Crippen molar-refractivity contribution in [3.05, 3.63) is 53.9 Å². The molecule has 0 bridgehead atoms. The molecular formula is C29H40N6O2. The van der Waals surface area contributed by atoms with Crippen LogP contribution in [0.1, 0.15) is 43.7 Å². The predicted octanol–water partition coefficient (Wildman–Crippen LogP) is 4.32. The number of aryl methyl sites for hydroxylation is 1. The molecule has 0 saturated carbocycles. The molecule has 4 fully saturated rings. The number of ether oxygens (including phenoxy) is 1. The zero-order valence-electron chi connectivity index (χ0n) is 22.3. The first kappa shape index (κ1) is 24.5. The number of nitrogens with zero attached hydrogens (tertiary/aromatic N) is 5. The van der Waals surface area contributed by atoms with Gasteiger partial charge in [-0.15, -0.1) is 5.10 Å². The van der Waals surface area contributed by atoms with Crippen molar-refractivity contribution in [3.8, 4) is 0 Å². The van der Waals surface area contributed by atoms with E-state index in [-0.39, 0.29) is 11.6 Å². The number of hydrogen-bond acceptors (Lipinski definition) is 6. The van der Waals surface area contributed by atoms with Gasteiger partial charge in [-0.1, -0.05) is 18.7 Å². The van der Waals surface area contributed by atoms with Gasteiger partial charge in [-0.25, -0.2) is 4.79 Å². The zero-order chi connectivity index (χ0) is 25.6. The number of fused-ring (bicyclic) bond motifs is 1. The van der Waals surface area contributed by atoms with Gasteiger partial charge in [0.2, 0.25) is 0 Å². The van der Waals surface area contributed by atoms with E-state index in [4.69, 9.17) is 4.74 Å². The molecule has 2 aromatic rings. The average molecular weight is 505 g/mol. The predicted molar refractivity (Wildman–Crippen MR) is 146 cm³/mol. The number of benzene rings is 1. The molecule has 8 heteroatoms. The summed E-state index contributed by atoms with van der Waals surface area (Å²) in [5.74, 6) is 2.01. The SMILES string of the molecule is C=C(C)Nc1ccn(C(=O)N2CCC3(CCCN3Cc3ccc(C)cc3N3CC4COCC4C3)CC2)n1. The van der Waals surface area contributed by atoms with Crippen molar-refractivity contribution in [2.24, 2.45) is 11.8 Å². The van der Waals surface area contributed by atoms with E-state index in [9.17, 15) is 4.79 Å². The first-order valence-corrected chi connectivity index (χ1v) is 13.8. The average Bonchev–Trinajstić information content (AvgIpc) is 3.65. The lowest BCUT2D eigenvalue weighted by atomic mass is 9.84. The van der Waals surface area contributed by atoms with Crippen molar-refractivity contribution < 1.29 is 9.53 Å². The van der Waals surface area contributed by atoms with Crippen LogP contribution in [-0.4, -0.2) is 77.1 Å². The molecule has 8 nitrogen and oxygen atoms in total. The number of carbonyl (C=O) groups excluding carboxylic acids is 1. The summed E-state index contributed by atoms with van der Waals surface area (Å²) in [6, 6.07) is 8.79. The van der Waals surface area contributed by atoms with Gasteiger partial charge >= 0.3 is 6.03 Å². The molecule has 6 rings (SSSR count). The van der Waals surface area contributed by atoms with Crippen molar-refractivity contribution in [3.63, 3.8) is 0 Å². The minimum absolute atomic E-state index is 0.0430. The second-order valence-corrected chi connectivity index (χ2v) is 11.7. The van der Waals surface area contributed by atoms with E-state index in [0.29, 0.717) is 17.7 Å². The normalized spacial score (nSPS) is 25.1. The van der Waals surface area contributed by atoms with Gasteiger partial charge in [0.25, 0.3) is 0 Å². The van der Waals surface area contributed by atoms with Gasteiger partial charge in [0.1, 0.15) is 0 Å². The fourth-order valence-corrected chi connectivity index (χ4v) is 6.97. The molecule has 0 aliphatic carbocycles. The molecular weight excluding hydrogens is 464 g/mol. The highest BCUT2D eigenvalue weighted by Crippen LogP contribution is 2.41. The number of hydrogen-bond donors (Lipinski definition) is 1. The Labute approximate surface area is 220 Å². The third kappa shape index (κ3) is 4.77. The van der Waals surface area contributed by atoms with Crippen LogP contribution in [0.15, 0.2) is 42.7 Å². The van der Waals surface area contributed by atoms with Crippen molar-refractivity contribution in [2.45, 2.75) is 51.6 Å². The zero-order valence-corrected chi connectivity index (χ0v) is 22.3. The molecule has 1 aromatic carbocycles. The third-order valence-corrected chi connectivity index (χ3v) is 9.02. The highest BCUT2D eigenvalue weighted by atomic mass is 16.5. The maximum Gasteiger partial charge on any atom is 0.344 e. The van der Waals surface area contributed by atoms with E-state index >= 15 is 0 Å². The van der Waals surface area contributed by atoms with E-state index in [1.165, 1.54) is 34.3 Å². The van der Waals surface area contributed by atoms with Gasteiger partial charge in [0, 0.05) is 73.7 Å². The highest BCUT2D eigenvalue weighted by molar-refractivity contribution is 5.76. The summed E-state index contributed by atoms with van der Waals surface area (Å²) in [4.78, 5) is 20.4. The first-order valence-electron chi connectivity index (χ1n) is 13.8. The van der Waals surface area contributed by atoms with Gasteiger partial charge in [-0.05, 0) is 63.3 Å². The molecule has 1 amide bonds. The number of carbonyl (C=O) groups is 1. The second-order valence-electron chi connectivity index (χ2n) is 11.7. The number of piperidine rings is 1. The van der Waals surface area contributed by atoms with Crippen LogP contribution in [0.25, 0.3) is 0 Å². The lowest BCUT2D eigenvalue weighted by Gasteiger charge is -2.45. The molecule has 37 heavy (non-hydrogen) atoms. The molecule has 0 radical (unpaired) electrons. The molecule has 4 aliphatic heterocycles. The lowest BCUT2D eigenvalue weighted by molar-refractivity contribution is 0.0585. The maximum absolute atomic E-state index is 13.1. The van der Waals surface area contributed by atoms with E-state index in [1.54, 1.807) is 6.20 Å². The van der Waals surface area contributed by atoms with E-state index in [1.807, 2.05) is 17.9 Å². The van der Waals surface area contributed by atoms with Crippen molar-refractivity contribution in [2.75, 3.05) is 56.2 Å². The van der Waals surface area contributed by atoms with Crippen LogP contribution < -0.4 is 10.2 Å². The molecule has 2 unspecified atom stereocenters. The second kappa shape index (κ2) is 9.80. The number of likely N-dealkylation sites (tertiary alicyclic amines) is 2. The van der Waals surface area contributed by atoms with Gasteiger partial charge < -0.3 is 19.9 Å². The number of aromatic nitrogens is 2. The number of rotatable bonds is 5. The molecule has 5 heterocycles. The fourth-order valence-electron chi connectivity index (χ4n) is 6.97. The highest BCUT2D eigenvalue weighted by Gasteiger charge is 2.44. The van der Waals surface area contributed by atoms with Crippen LogP contribution in [0, 0.1) is 18.8 Å². The van der Waals surface area contributed by atoms with Gasteiger partial charge in [0.15, 0.2) is 5.82 Å². The summed E-state index contributed by atoms with van der Waals surface area (Å²) in [5, 5.41) is 7.47. The Kier molecular flexibility index (Phi) is 6.49. The number of allylic oxidation sites excluding steroid dienone is 1. The van der Waals surface area contributed by atoms with Crippen LogP contribution in [0.5, 0.6) is 0 Å². The van der Waals surface area contributed by atoms with Crippen LogP contribution in [-0.2, 0) is 11.3 Å².